The lowest BCUT2D eigenvalue weighted by Crippen LogP contribution is -2.17. The number of thiazole rings is 1. The number of amides is 1. The number of rotatable bonds is 6. The molecule has 1 unspecified atom stereocenters. The van der Waals surface area contributed by atoms with Gasteiger partial charge in [0.25, 0.3) is 5.91 Å². The Balaban J connectivity index is 1.30. The lowest BCUT2D eigenvalue weighted by Gasteiger charge is -2.14. The van der Waals surface area contributed by atoms with Gasteiger partial charge in [-0.2, -0.15) is 5.26 Å². The molecule has 0 saturated carbocycles. The fourth-order valence-electron chi connectivity index (χ4n) is 4.34. The van der Waals surface area contributed by atoms with Gasteiger partial charge in [0.05, 0.1) is 11.8 Å². The third-order valence-corrected chi connectivity index (χ3v) is 6.99. The van der Waals surface area contributed by atoms with Crippen LogP contribution >= 0.6 is 11.3 Å². The number of nitrogens with one attached hydrogen (secondary N) is 1. The number of nitrogens with zero attached hydrogens (tertiary/aromatic N) is 4. The molecule has 1 amide bonds. The molecular formula is C26H25N5O2S. The molecule has 4 aromatic rings. The largest absolute Gasteiger partial charge is 0.376 e. The van der Waals surface area contributed by atoms with E-state index in [9.17, 15) is 10.1 Å². The number of nitriles is 1. The number of fused-ring (bicyclic) bond motifs is 1. The number of ether oxygens (including phenoxy) is 1. The molecule has 0 bridgehead atoms. The third kappa shape index (κ3) is 4.40. The molecule has 34 heavy (non-hydrogen) atoms. The van der Waals surface area contributed by atoms with Crippen LogP contribution in [-0.2, 0) is 16.1 Å². The van der Waals surface area contributed by atoms with Gasteiger partial charge in [-0.15, -0.1) is 11.3 Å². The highest BCUT2D eigenvalue weighted by Crippen LogP contribution is 2.24. The Kier molecular flexibility index (Phi) is 6.05. The van der Waals surface area contributed by atoms with E-state index in [-0.39, 0.29) is 11.7 Å². The van der Waals surface area contributed by atoms with Crippen molar-refractivity contribution in [1.82, 2.24) is 14.0 Å². The summed E-state index contributed by atoms with van der Waals surface area (Å²) in [5.74, 6) is -0.429. The van der Waals surface area contributed by atoms with E-state index in [1.54, 1.807) is 17.4 Å². The Labute approximate surface area is 201 Å². The molecule has 1 N–H and O–H groups in total. The smallest absolute Gasteiger partial charge is 0.266 e. The van der Waals surface area contributed by atoms with E-state index >= 15 is 0 Å². The van der Waals surface area contributed by atoms with Gasteiger partial charge in [-0.25, -0.2) is 4.98 Å². The van der Waals surface area contributed by atoms with E-state index in [2.05, 4.69) is 20.9 Å². The Morgan fingerprint density at radius 3 is 2.88 bits per heavy atom. The SMILES string of the molecule is Cc1cc(/C=C(\C#N)C(=O)Nc2ccc(-c3cn4ccsc4n3)cc2)c(C)n1CC1CCCO1. The Bertz CT molecular complexity index is 1380. The van der Waals surface area contributed by atoms with Crippen LogP contribution in [0.5, 0.6) is 0 Å². The zero-order valence-electron chi connectivity index (χ0n) is 19.1. The van der Waals surface area contributed by atoms with Crippen molar-refractivity contribution >= 4 is 34.0 Å². The van der Waals surface area contributed by atoms with Crippen molar-refractivity contribution in [2.75, 3.05) is 11.9 Å². The van der Waals surface area contributed by atoms with Crippen molar-refractivity contribution in [3.8, 4) is 17.3 Å². The van der Waals surface area contributed by atoms with Crippen LogP contribution in [0.4, 0.5) is 5.69 Å². The Morgan fingerprint density at radius 1 is 1.35 bits per heavy atom. The van der Waals surface area contributed by atoms with Crippen molar-refractivity contribution in [3.63, 3.8) is 0 Å². The van der Waals surface area contributed by atoms with Gasteiger partial charge in [0.15, 0.2) is 4.96 Å². The van der Waals surface area contributed by atoms with Crippen LogP contribution < -0.4 is 5.32 Å². The third-order valence-electron chi connectivity index (χ3n) is 6.22. The monoisotopic (exact) mass is 471 g/mol. The molecule has 3 aromatic heterocycles. The summed E-state index contributed by atoms with van der Waals surface area (Å²) >= 11 is 1.58. The molecular weight excluding hydrogens is 446 g/mol. The first-order valence-corrected chi connectivity index (χ1v) is 12.1. The number of benzene rings is 1. The van der Waals surface area contributed by atoms with Gasteiger partial charge in [0, 0.05) is 53.6 Å². The maximum Gasteiger partial charge on any atom is 0.266 e. The van der Waals surface area contributed by atoms with E-state index in [1.165, 1.54) is 0 Å². The van der Waals surface area contributed by atoms with Crippen LogP contribution in [0.1, 0.15) is 29.8 Å². The summed E-state index contributed by atoms with van der Waals surface area (Å²) in [6.07, 6.45) is 7.99. The fraction of sp³-hybridized carbons (Fsp3) is 0.269. The van der Waals surface area contributed by atoms with Crippen LogP contribution in [0, 0.1) is 25.2 Å². The van der Waals surface area contributed by atoms with Gasteiger partial charge < -0.3 is 14.6 Å². The molecule has 1 saturated heterocycles. The normalized spacial score (nSPS) is 16.1. The molecule has 4 heterocycles. The van der Waals surface area contributed by atoms with Gasteiger partial charge in [-0.1, -0.05) is 12.1 Å². The zero-order chi connectivity index (χ0) is 23.7. The minimum absolute atomic E-state index is 0.0655. The van der Waals surface area contributed by atoms with Crippen molar-refractivity contribution in [3.05, 3.63) is 70.6 Å². The molecule has 1 aromatic carbocycles. The van der Waals surface area contributed by atoms with E-state index in [0.29, 0.717) is 5.69 Å². The van der Waals surface area contributed by atoms with Crippen LogP contribution in [0.2, 0.25) is 0 Å². The van der Waals surface area contributed by atoms with Crippen LogP contribution in [0.25, 0.3) is 22.3 Å². The van der Waals surface area contributed by atoms with E-state index in [4.69, 9.17) is 4.74 Å². The molecule has 1 aliphatic rings. The lowest BCUT2D eigenvalue weighted by molar-refractivity contribution is -0.112. The second kappa shape index (κ2) is 9.29. The van der Waals surface area contributed by atoms with Gasteiger partial charge in [0.2, 0.25) is 0 Å². The average molecular weight is 472 g/mol. The molecule has 8 heteroatoms. The van der Waals surface area contributed by atoms with Crippen molar-refractivity contribution in [1.29, 1.82) is 5.26 Å². The quantitative estimate of drug-likeness (QED) is 0.309. The second-order valence-corrected chi connectivity index (χ2v) is 9.37. The van der Waals surface area contributed by atoms with Gasteiger partial charge in [0.1, 0.15) is 11.6 Å². The summed E-state index contributed by atoms with van der Waals surface area (Å²) in [5, 5.41) is 14.5. The first kappa shape index (κ1) is 22.1. The number of imidazole rings is 1. The summed E-state index contributed by atoms with van der Waals surface area (Å²) in [5.41, 5.74) is 5.52. The summed E-state index contributed by atoms with van der Waals surface area (Å²) in [6, 6.07) is 11.5. The van der Waals surface area contributed by atoms with Crippen LogP contribution in [0.15, 0.2) is 53.7 Å². The van der Waals surface area contributed by atoms with E-state index in [1.807, 2.05) is 66.4 Å². The molecule has 1 fully saturated rings. The molecule has 0 aliphatic carbocycles. The molecule has 5 rings (SSSR count). The molecule has 0 radical (unpaired) electrons. The van der Waals surface area contributed by atoms with Crippen LogP contribution in [0.3, 0.4) is 0 Å². The van der Waals surface area contributed by atoms with Crippen molar-refractivity contribution in [2.24, 2.45) is 0 Å². The zero-order valence-corrected chi connectivity index (χ0v) is 19.9. The minimum Gasteiger partial charge on any atom is -0.376 e. The average Bonchev–Trinajstić information content (AvgIpc) is 3.61. The Morgan fingerprint density at radius 2 is 2.18 bits per heavy atom. The first-order valence-electron chi connectivity index (χ1n) is 11.3. The number of carbonyl (C=O) groups excluding carboxylic acids is 1. The van der Waals surface area contributed by atoms with Gasteiger partial charge in [-0.3, -0.25) is 9.20 Å². The Hall–Kier alpha value is -3.67. The minimum atomic E-state index is -0.429. The summed E-state index contributed by atoms with van der Waals surface area (Å²) in [4.78, 5) is 18.4. The summed E-state index contributed by atoms with van der Waals surface area (Å²) in [7, 11) is 0. The van der Waals surface area contributed by atoms with E-state index < -0.39 is 5.91 Å². The molecule has 172 valence electrons. The molecule has 7 nitrogen and oxygen atoms in total. The number of hydrogen-bond donors (Lipinski definition) is 1. The predicted molar refractivity (Wildman–Crippen MR) is 134 cm³/mol. The second-order valence-electron chi connectivity index (χ2n) is 8.49. The first-order chi connectivity index (χ1) is 16.5. The standard InChI is InChI=1S/C26H25N5O2S/c1-17-12-20(18(2)31(17)15-23-4-3-10-33-23)13-21(14-27)25(32)28-22-7-5-19(6-8-22)24-16-30-9-11-34-26(30)29-24/h5-9,11-13,16,23H,3-4,10,15H2,1-2H3,(H,28,32)/b21-13+. The molecule has 1 atom stereocenters. The predicted octanol–water partition coefficient (Wildman–Crippen LogP) is 5.21. The van der Waals surface area contributed by atoms with Gasteiger partial charge in [-0.05, 0) is 56.5 Å². The topological polar surface area (TPSA) is 84.4 Å². The highest BCUT2D eigenvalue weighted by atomic mass is 32.1. The highest BCUT2D eigenvalue weighted by Gasteiger charge is 2.19. The van der Waals surface area contributed by atoms with Gasteiger partial charge >= 0.3 is 0 Å². The number of aromatic nitrogens is 3. The molecule has 0 spiro atoms. The van der Waals surface area contributed by atoms with Crippen molar-refractivity contribution in [2.45, 2.75) is 39.3 Å². The lowest BCUT2D eigenvalue weighted by atomic mass is 10.1. The summed E-state index contributed by atoms with van der Waals surface area (Å²) in [6.45, 7) is 5.66. The molecule has 1 aliphatic heterocycles. The maximum absolute atomic E-state index is 12.8. The van der Waals surface area contributed by atoms with Crippen LogP contribution in [-0.4, -0.2) is 32.6 Å². The summed E-state index contributed by atoms with van der Waals surface area (Å²) < 4.78 is 9.96. The fourth-order valence-corrected chi connectivity index (χ4v) is 5.04. The number of anilines is 1. The number of aryl methyl sites for hydroxylation is 1. The maximum atomic E-state index is 12.8. The van der Waals surface area contributed by atoms with E-state index in [0.717, 1.165) is 59.2 Å². The number of carbonyl (C=O) groups is 1. The highest BCUT2D eigenvalue weighted by molar-refractivity contribution is 7.15. The van der Waals surface area contributed by atoms with Crippen molar-refractivity contribution < 1.29 is 9.53 Å². The number of hydrogen-bond acceptors (Lipinski definition) is 5.